The fourth-order valence-corrected chi connectivity index (χ4v) is 5.42. The Balaban J connectivity index is 2.13. The van der Waals surface area contributed by atoms with Crippen molar-refractivity contribution in [2.45, 2.75) is 59.4 Å². The van der Waals surface area contributed by atoms with Gasteiger partial charge in [-0.2, -0.15) is 5.26 Å². The molecule has 2 aliphatic heterocycles. The van der Waals surface area contributed by atoms with Crippen LogP contribution < -0.4 is 10.5 Å². The summed E-state index contributed by atoms with van der Waals surface area (Å²) < 4.78 is 7.81. The zero-order chi connectivity index (χ0) is 24.0. The molecule has 178 valence electrons. The predicted octanol–water partition coefficient (Wildman–Crippen LogP) is 4.06. The number of amides is 1. The van der Waals surface area contributed by atoms with Gasteiger partial charge in [0.25, 0.3) is 11.5 Å². The highest BCUT2D eigenvalue weighted by atomic mass is 32.2. The number of nitrogens with zero attached hydrogens (tertiary/aromatic N) is 4. The quantitative estimate of drug-likeness (QED) is 0.295. The second-order valence-corrected chi connectivity index (χ2v) is 9.98. The molecule has 9 heteroatoms. The Morgan fingerprint density at radius 1 is 1.12 bits per heavy atom. The molecule has 2 aliphatic rings. The molecule has 0 unspecified atom stereocenters. The van der Waals surface area contributed by atoms with Crippen molar-refractivity contribution in [2.24, 2.45) is 0 Å². The first-order valence-corrected chi connectivity index (χ1v) is 12.9. The van der Waals surface area contributed by atoms with E-state index in [2.05, 4.69) is 24.8 Å². The first-order valence-electron chi connectivity index (χ1n) is 11.7. The molecule has 0 radical (unpaired) electrons. The number of hydrogen-bond donors (Lipinski definition) is 0. The standard InChI is InChI=1S/C24H32N4O3S2/c1-4-6-8-10-28-23(30)20(33-24(28)32)15-18-17(3)19(16-25)22(29)27(9-7-5-2)21(18)26-11-13-31-14-12-26/h15H,4-14H2,1-3H3/b20-15+. The fourth-order valence-electron chi connectivity index (χ4n) is 4.13. The average Bonchev–Trinajstić information content (AvgIpc) is 3.08. The van der Waals surface area contributed by atoms with Crippen LogP contribution in [0.5, 0.6) is 0 Å². The molecule has 0 atom stereocenters. The van der Waals surface area contributed by atoms with E-state index in [9.17, 15) is 14.9 Å². The summed E-state index contributed by atoms with van der Waals surface area (Å²) in [4.78, 5) is 30.8. The highest BCUT2D eigenvalue weighted by Crippen LogP contribution is 2.36. The lowest BCUT2D eigenvalue weighted by Crippen LogP contribution is -2.41. The maximum atomic E-state index is 13.3. The van der Waals surface area contributed by atoms with E-state index in [-0.39, 0.29) is 17.0 Å². The van der Waals surface area contributed by atoms with Crippen molar-refractivity contribution >= 4 is 46.1 Å². The van der Waals surface area contributed by atoms with Crippen LogP contribution in [0.4, 0.5) is 5.82 Å². The molecule has 2 fully saturated rings. The Labute approximate surface area is 205 Å². The fraction of sp³-hybridized carbons (Fsp3) is 0.583. The van der Waals surface area contributed by atoms with E-state index in [1.165, 1.54) is 11.8 Å². The largest absolute Gasteiger partial charge is 0.378 e. The minimum Gasteiger partial charge on any atom is -0.378 e. The minimum atomic E-state index is -0.269. The Bertz CT molecular complexity index is 1040. The monoisotopic (exact) mass is 488 g/mol. The van der Waals surface area contributed by atoms with Gasteiger partial charge in [0, 0.05) is 31.7 Å². The van der Waals surface area contributed by atoms with Crippen molar-refractivity contribution in [1.29, 1.82) is 5.26 Å². The van der Waals surface area contributed by atoms with Gasteiger partial charge >= 0.3 is 0 Å². The summed E-state index contributed by atoms with van der Waals surface area (Å²) >= 11 is 6.79. The first kappa shape index (κ1) is 25.5. The van der Waals surface area contributed by atoms with Crippen LogP contribution in [0.15, 0.2) is 9.70 Å². The second-order valence-electron chi connectivity index (χ2n) is 8.30. The van der Waals surface area contributed by atoms with Crippen LogP contribution in [-0.4, -0.2) is 52.5 Å². The molecule has 0 bridgehead atoms. The number of aromatic nitrogens is 1. The van der Waals surface area contributed by atoms with Gasteiger partial charge < -0.3 is 9.64 Å². The van der Waals surface area contributed by atoms with Gasteiger partial charge in [-0.25, -0.2) is 0 Å². The maximum absolute atomic E-state index is 13.3. The highest BCUT2D eigenvalue weighted by molar-refractivity contribution is 8.26. The van der Waals surface area contributed by atoms with Crippen LogP contribution >= 0.6 is 24.0 Å². The van der Waals surface area contributed by atoms with Gasteiger partial charge in [-0.05, 0) is 31.4 Å². The summed E-state index contributed by atoms with van der Waals surface area (Å²) in [6, 6.07) is 2.11. The third kappa shape index (κ3) is 5.51. The zero-order valence-electron chi connectivity index (χ0n) is 19.7. The molecule has 2 saturated heterocycles. The van der Waals surface area contributed by atoms with Gasteiger partial charge in [-0.3, -0.25) is 19.1 Å². The van der Waals surface area contributed by atoms with E-state index in [0.29, 0.717) is 54.2 Å². The van der Waals surface area contributed by atoms with E-state index in [1.54, 1.807) is 16.4 Å². The number of carbonyl (C=O) groups is 1. The number of thiocarbonyl (C=S) groups is 1. The van der Waals surface area contributed by atoms with Gasteiger partial charge in [0.2, 0.25) is 0 Å². The number of rotatable bonds is 9. The molecule has 0 aliphatic carbocycles. The smallest absolute Gasteiger partial charge is 0.270 e. The van der Waals surface area contributed by atoms with Crippen molar-refractivity contribution in [2.75, 3.05) is 37.7 Å². The summed E-state index contributed by atoms with van der Waals surface area (Å²) in [6.45, 7) is 9.57. The maximum Gasteiger partial charge on any atom is 0.270 e. The van der Waals surface area contributed by atoms with Crippen LogP contribution in [0.25, 0.3) is 6.08 Å². The predicted molar refractivity (Wildman–Crippen MR) is 137 cm³/mol. The lowest BCUT2D eigenvalue weighted by Gasteiger charge is -2.33. The van der Waals surface area contributed by atoms with E-state index < -0.39 is 0 Å². The van der Waals surface area contributed by atoms with Crippen LogP contribution in [0.1, 0.15) is 62.6 Å². The molecule has 3 rings (SSSR count). The Morgan fingerprint density at radius 2 is 1.82 bits per heavy atom. The number of carbonyl (C=O) groups excluding carboxylic acids is 1. The van der Waals surface area contributed by atoms with E-state index in [4.69, 9.17) is 17.0 Å². The number of morpholine rings is 1. The summed E-state index contributed by atoms with van der Waals surface area (Å²) in [5, 5.41) is 9.77. The highest BCUT2D eigenvalue weighted by Gasteiger charge is 2.33. The number of hydrogen-bond acceptors (Lipinski definition) is 7. The molecule has 0 N–H and O–H groups in total. The molecular formula is C24H32N4O3S2. The molecule has 0 saturated carbocycles. The summed E-state index contributed by atoms with van der Waals surface area (Å²) in [7, 11) is 0. The van der Waals surface area contributed by atoms with E-state index in [0.717, 1.165) is 43.5 Å². The number of ether oxygens (including phenoxy) is 1. The van der Waals surface area contributed by atoms with Gasteiger partial charge in [0.05, 0.1) is 18.1 Å². The molecule has 1 amide bonds. The first-order chi connectivity index (χ1) is 15.9. The summed E-state index contributed by atoms with van der Waals surface area (Å²) in [5.74, 6) is 0.669. The Hall–Kier alpha value is -2.15. The topological polar surface area (TPSA) is 78.6 Å². The number of thioether (sulfide) groups is 1. The van der Waals surface area contributed by atoms with Crippen molar-refractivity contribution in [1.82, 2.24) is 9.47 Å². The van der Waals surface area contributed by atoms with Crippen LogP contribution in [0.2, 0.25) is 0 Å². The lowest BCUT2D eigenvalue weighted by atomic mass is 10.0. The number of pyridine rings is 1. The van der Waals surface area contributed by atoms with Gasteiger partial charge in [-0.1, -0.05) is 57.1 Å². The van der Waals surface area contributed by atoms with Crippen molar-refractivity contribution in [3.63, 3.8) is 0 Å². The summed E-state index contributed by atoms with van der Waals surface area (Å²) in [5.41, 5.74) is 1.22. The molecule has 0 spiro atoms. The van der Waals surface area contributed by atoms with Crippen LogP contribution in [-0.2, 0) is 16.1 Å². The van der Waals surface area contributed by atoms with Crippen molar-refractivity contribution in [3.05, 3.63) is 31.9 Å². The van der Waals surface area contributed by atoms with Crippen LogP contribution in [0.3, 0.4) is 0 Å². The van der Waals surface area contributed by atoms with Gasteiger partial charge in [0.15, 0.2) is 0 Å². The third-order valence-corrected chi connectivity index (χ3v) is 7.40. The third-order valence-electron chi connectivity index (χ3n) is 6.03. The SMILES string of the molecule is CCCCCN1C(=O)/C(=C\c2c(C)c(C#N)c(=O)n(CCCC)c2N2CCOCC2)SC1=S. The number of unbranched alkanes of at least 4 members (excludes halogenated alkanes) is 3. The van der Waals surface area contributed by atoms with Gasteiger partial charge in [0.1, 0.15) is 21.8 Å². The summed E-state index contributed by atoms with van der Waals surface area (Å²) in [6.07, 6.45) is 6.62. The minimum absolute atomic E-state index is 0.0988. The zero-order valence-corrected chi connectivity index (χ0v) is 21.3. The molecule has 7 nitrogen and oxygen atoms in total. The Morgan fingerprint density at radius 3 is 2.45 bits per heavy atom. The van der Waals surface area contributed by atoms with Crippen molar-refractivity contribution in [3.8, 4) is 6.07 Å². The van der Waals surface area contributed by atoms with E-state index in [1.807, 2.05) is 6.08 Å². The lowest BCUT2D eigenvalue weighted by molar-refractivity contribution is -0.122. The molecule has 3 heterocycles. The van der Waals surface area contributed by atoms with Crippen molar-refractivity contribution < 1.29 is 9.53 Å². The molecule has 1 aromatic rings. The molecule has 33 heavy (non-hydrogen) atoms. The average molecular weight is 489 g/mol. The van der Waals surface area contributed by atoms with Gasteiger partial charge in [-0.15, -0.1) is 0 Å². The van der Waals surface area contributed by atoms with Crippen LogP contribution in [0, 0.1) is 18.3 Å². The van der Waals surface area contributed by atoms with E-state index >= 15 is 0 Å². The second kappa shape index (κ2) is 11.8. The molecular weight excluding hydrogens is 456 g/mol. The molecule has 1 aromatic heterocycles. The normalized spacial score (nSPS) is 17.8. The number of anilines is 1. The molecule has 0 aromatic carbocycles. The Kier molecular flexibility index (Phi) is 9.12. The number of nitriles is 1.